The molecule has 1 aromatic rings. The van der Waals surface area contributed by atoms with Crippen LogP contribution in [0.4, 0.5) is 0 Å². The smallest absolute Gasteiger partial charge is 0.241 e. The van der Waals surface area contributed by atoms with Gasteiger partial charge in [-0.1, -0.05) is 32.4 Å². The van der Waals surface area contributed by atoms with Gasteiger partial charge in [-0.15, -0.1) is 0 Å². The fraction of sp³-hybridized carbons (Fsp3) is 0.600. The lowest BCUT2D eigenvalue weighted by molar-refractivity contribution is 0.554. The average molecular weight is 331 g/mol. The Hall–Kier alpha value is -0.620. The number of halogens is 1. The van der Waals surface area contributed by atoms with E-state index in [4.69, 9.17) is 11.6 Å². The maximum Gasteiger partial charge on any atom is 0.241 e. The Balaban J connectivity index is 2.32. The average Bonchev–Trinajstić information content (AvgIpc) is 2.95. The molecule has 1 aliphatic carbocycles. The van der Waals surface area contributed by atoms with Crippen LogP contribution in [0.15, 0.2) is 17.0 Å². The second kappa shape index (κ2) is 5.88. The Kier molecular flexibility index (Phi) is 4.69. The van der Waals surface area contributed by atoms with E-state index in [1.807, 2.05) is 19.9 Å². The third-order valence-corrected chi connectivity index (χ3v) is 5.91. The highest BCUT2D eigenvalue weighted by Crippen LogP contribution is 2.45. The van der Waals surface area contributed by atoms with E-state index < -0.39 is 10.0 Å². The molecule has 1 aliphatic rings. The molecule has 0 radical (unpaired) electrons. The van der Waals surface area contributed by atoms with Gasteiger partial charge in [0.05, 0.1) is 4.90 Å². The van der Waals surface area contributed by atoms with Gasteiger partial charge < -0.3 is 5.32 Å². The molecular weight excluding hydrogens is 308 g/mol. The third-order valence-electron chi connectivity index (χ3n) is 4.10. The number of hydrogen-bond acceptors (Lipinski definition) is 3. The van der Waals surface area contributed by atoms with Gasteiger partial charge in [0.1, 0.15) is 0 Å². The van der Waals surface area contributed by atoms with Crippen LogP contribution in [-0.4, -0.2) is 21.0 Å². The number of sulfonamides is 1. The molecule has 0 bridgehead atoms. The van der Waals surface area contributed by atoms with Gasteiger partial charge in [-0.05, 0) is 48.6 Å². The summed E-state index contributed by atoms with van der Waals surface area (Å²) in [5.74, 6) is 0. The normalized spacial score (nSPS) is 20.5. The molecule has 4 nitrogen and oxygen atoms in total. The summed E-state index contributed by atoms with van der Waals surface area (Å²) in [6.07, 6.45) is 0.871. The van der Waals surface area contributed by atoms with Crippen molar-refractivity contribution in [1.29, 1.82) is 0 Å². The summed E-state index contributed by atoms with van der Waals surface area (Å²) >= 11 is 6.10. The predicted octanol–water partition coefficient (Wildman–Crippen LogP) is 2.83. The van der Waals surface area contributed by atoms with Gasteiger partial charge in [-0.3, -0.25) is 0 Å². The molecule has 1 aromatic carbocycles. The van der Waals surface area contributed by atoms with Gasteiger partial charge in [0, 0.05) is 17.6 Å². The highest BCUT2D eigenvalue weighted by Gasteiger charge is 2.48. The van der Waals surface area contributed by atoms with Crippen LogP contribution in [0.2, 0.25) is 5.02 Å². The predicted molar refractivity (Wildman–Crippen MR) is 86.1 cm³/mol. The van der Waals surface area contributed by atoms with E-state index in [-0.39, 0.29) is 16.4 Å². The number of nitrogens with one attached hydrogen (secondary N) is 2. The second-order valence-corrected chi connectivity index (χ2v) is 8.45. The minimum Gasteiger partial charge on any atom is -0.313 e. The van der Waals surface area contributed by atoms with Crippen LogP contribution < -0.4 is 10.0 Å². The molecule has 2 rings (SSSR count). The molecule has 0 aliphatic heterocycles. The molecule has 118 valence electrons. The molecule has 1 unspecified atom stereocenters. The third kappa shape index (κ3) is 3.77. The summed E-state index contributed by atoms with van der Waals surface area (Å²) in [6.45, 7) is 9.38. The van der Waals surface area contributed by atoms with Gasteiger partial charge in [0.15, 0.2) is 0 Å². The zero-order chi connectivity index (χ0) is 15.8. The van der Waals surface area contributed by atoms with E-state index in [1.54, 1.807) is 0 Å². The lowest BCUT2D eigenvalue weighted by atomic mass is 10.1. The molecule has 2 N–H and O–H groups in total. The van der Waals surface area contributed by atoms with Crippen LogP contribution in [0.1, 0.15) is 38.3 Å². The first-order valence-corrected chi connectivity index (χ1v) is 9.05. The first-order chi connectivity index (χ1) is 9.67. The van der Waals surface area contributed by atoms with E-state index in [2.05, 4.69) is 23.9 Å². The highest BCUT2D eigenvalue weighted by molar-refractivity contribution is 7.89. The Bertz CT molecular complexity index is 641. The zero-order valence-corrected chi connectivity index (χ0v) is 14.5. The minimum atomic E-state index is -3.53. The highest BCUT2D eigenvalue weighted by atomic mass is 35.5. The molecule has 0 aromatic heterocycles. The molecule has 21 heavy (non-hydrogen) atoms. The summed E-state index contributed by atoms with van der Waals surface area (Å²) in [5.41, 5.74) is 1.72. The Labute approximate surface area is 132 Å². The summed E-state index contributed by atoms with van der Waals surface area (Å²) in [6, 6.07) is 3.36. The van der Waals surface area contributed by atoms with Crippen LogP contribution in [0.3, 0.4) is 0 Å². The lowest BCUT2D eigenvalue weighted by Gasteiger charge is -2.14. The summed E-state index contributed by atoms with van der Waals surface area (Å²) < 4.78 is 27.9. The molecule has 6 heteroatoms. The first-order valence-electron chi connectivity index (χ1n) is 7.19. The summed E-state index contributed by atoms with van der Waals surface area (Å²) in [7, 11) is -3.53. The van der Waals surface area contributed by atoms with Crippen LogP contribution in [0, 0.1) is 12.3 Å². The van der Waals surface area contributed by atoms with Gasteiger partial charge in [-0.25, -0.2) is 13.1 Å². The van der Waals surface area contributed by atoms with Crippen LogP contribution >= 0.6 is 11.6 Å². The molecule has 0 amide bonds. The van der Waals surface area contributed by atoms with Crippen molar-refractivity contribution < 1.29 is 8.42 Å². The van der Waals surface area contributed by atoms with E-state index >= 15 is 0 Å². The van der Waals surface area contributed by atoms with Gasteiger partial charge in [-0.2, -0.15) is 0 Å². The van der Waals surface area contributed by atoms with Crippen molar-refractivity contribution in [3.05, 3.63) is 28.3 Å². The van der Waals surface area contributed by atoms with Crippen molar-refractivity contribution in [1.82, 2.24) is 10.0 Å². The molecule has 0 heterocycles. The van der Waals surface area contributed by atoms with Crippen molar-refractivity contribution in [2.24, 2.45) is 5.41 Å². The van der Waals surface area contributed by atoms with Gasteiger partial charge in [0.25, 0.3) is 0 Å². The Morgan fingerprint density at radius 1 is 1.38 bits per heavy atom. The standard InChI is InChI=1S/C15H23ClN2O2S/c1-5-17-9-11-6-12(16)7-13(10(11)2)21(19,20)18-14-8-15(14,3)4/h6-7,14,17-18H,5,8-9H2,1-4H3. The summed E-state index contributed by atoms with van der Waals surface area (Å²) in [4.78, 5) is 0.283. The topological polar surface area (TPSA) is 58.2 Å². The van der Waals surface area contributed by atoms with Crippen molar-refractivity contribution in [2.75, 3.05) is 6.54 Å². The van der Waals surface area contributed by atoms with E-state index in [0.717, 1.165) is 24.1 Å². The zero-order valence-electron chi connectivity index (χ0n) is 13.0. The van der Waals surface area contributed by atoms with Crippen LogP contribution in [-0.2, 0) is 16.6 Å². The fourth-order valence-electron chi connectivity index (χ4n) is 2.35. The second-order valence-electron chi connectivity index (χ2n) is 6.33. The monoisotopic (exact) mass is 330 g/mol. The quantitative estimate of drug-likeness (QED) is 0.843. The van der Waals surface area contributed by atoms with Crippen molar-refractivity contribution >= 4 is 21.6 Å². The lowest BCUT2D eigenvalue weighted by Crippen LogP contribution is -2.29. The van der Waals surface area contributed by atoms with Gasteiger partial charge >= 0.3 is 0 Å². The van der Waals surface area contributed by atoms with E-state index in [1.165, 1.54) is 6.07 Å². The number of rotatable bonds is 6. The molecule has 1 saturated carbocycles. The van der Waals surface area contributed by atoms with Crippen LogP contribution in [0.5, 0.6) is 0 Å². The van der Waals surface area contributed by atoms with E-state index in [0.29, 0.717) is 11.6 Å². The Morgan fingerprint density at radius 2 is 2.00 bits per heavy atom. The molecule has 0 saturated heterocycles. The fourth-order valence-corrected chi connectivity index (χ4v) is 4.38. The SMILES string of the molecule is CCNCc1cc(Cl)cc(S(=O)(=O)NC2CC2(C)C)c1C. The largest absolute Gasteiger partial charge is 0.313 e. The van der Waals surface area contributed by atoms with Crippen molar-refractivity contribution in [3.63, 3.8) is 0 Å². The Morgan fingerprint density at radius 3 is 2.52 bits per heavy atom. The minimum absolute atomic E-state index is 0.0121. The van der Waals surface area contributed by atoms with Crippen molar-refractivity contribution in [2.45, 2.75) is 51.6 Å². The first kappa shape index (κ1) is 16.7. The molecular formula is C15H23ClN2O2S. The molecule has 1 fully saturated rings. The molecule has 1 atom stereocenters. The molecule has 0 spiro atoms. The van der Waals surface area contributed by atoms with E-state index in [9.17, 15) is 8.42 Å². The van der Waals surface area contributed by atoms with Crippen LogP contribution in [0.25, 0.3) is 0 Å². The summed E-state index contributed by atoms with van der Waals surface area (Å²) in [5, 5.41) is 3.65. The number of benzene rings is 1. The van der Waals surface area contributed by atoms with Crippen molar-refractivity contribution in [3.8, 4) is 0 Å². The maximum absolute atomic E-state index is 12.6. The van der Waals surface area contributed by atoms with Gasteiger partial charge in [0.2, 0.25) is 10.0 Å². The maximum atomic E-state index is 12.6. The number of hydrogen-bond donors (Lipinski definition) is 2.